The van der Waals surface area contributed by atoms with Crippen molar-refractivity contribution in [2.45, 2.75) is 69.9 Å². The molecule has 2 aromatic rings. The highest BCUT2D eigenvalue weighted by atomic mass is 32.2. The third-order valence-corrected chi connectivity index (χ3v) is 13.6. The van der Waals surface area contributed by atoms with E-state index in [1.807, 2.05) is 33.9 Å². The van der Waals surface area contributed by atoms with E-state index in [0.717, 1.165) is 9.13 Å². The zero-order valence-electron chi connectivity index (χ0n) is 24.9. The topological polar surface area (TPSA) is 184 Å². The highest BCUT2D eigenvalue weighted by Gasteiger charge is 2.66. The highest BCUT2D eigenvalue weighted by Crippen LogP contribution is 2.48. The third-order valence-electron chi connectivity index (χ3n) is 8.10. The quantitative estimate of drug-likeness (QED) is 0.308. The number of urea groups is 1. The predicted octanol–water partition coefficient (Wildman–Crippen LogP) is 1.22. The Hall–Kier alpha value is -3.41. The summed E-state index contributed by atoms with van der Waals surface area (Å²) in [5.74, 6) is -0.763. The first-order valence-corrected chi connectivity index (χ1v) is 17.8. The molecule has 0 saturated carbocycles. The number of nitrogens with one attached hydrogen (secondary N) is 2. The first-order valence-electron chi connectivity index (χ1n) is 13.4. The van der Waals surface area contributed by atoms with Gasteiger partial charge >= 0.3 is 11.7 Å². The van der Waals surface area contributed by atoms with Gasteiger partial charge in [0.2, 0.25) is 0 Å². The van der Waals surface area contributed by atoms with E-state index in [2.05, 4.69) is 10.6 Å². The lowest BCUT2D eigenvalue weighted by Crippen LogP contribution is -2.57. The highest BCUT2D eigenvalue weighted by molar-refractivity contribution is 7.90. The van der Waals surface area contributed by atoms with Crippen molar-refractivity contribution in [2.24, 2.45) is 7.05 Å². The fourth-order valence-corrected chi connectivity index (χ4v) is 6.89. The smallest absolute Gasteiger partial charge is 0.332 e. The van der Waals surface area contributed by atoms with Crippen LogP contribution in [0.5, 0.6) is 0 Å². The van der Waals surface area contributed by atoms with Gasteiger partial charge in [0.1, 0.15) is 12.2 Å². The maximum atomic E-state index is 13.1. The molecule has 0 aliphatic carbocycles. The molecule has 1 aromatic carbocycles. The van der Waals surface area contributed by atoms with Crippen molar-refractivity contribution in [1.29, 1.82) is 0 Å². The number of amides is 3. The number of rotatable bonds is 6. The minimum atomic E-state index is -4.52. The molecule has 3 N–H and O–H groups in total. The molecule has 0 radical (unpaired) electrons. The average Bonchev–Trinajstić information content (AvgIpc) is 3.34. The fraction of sp³-hybridized carbons (Fsp3) is 0.481. The zero-order chi connectivity index (χ0) is 32.1. The Labute approximate surface area is 249 Å². The maximum absolute atomic E-state index is 13.1. The van der Waals surface area contributed by atoms with Crippen LogP contribution in [0.2, 0.25) is 18.1 Å². The molecular weight excluding hydrogens is 600 g/mol. The lowest BCUT2D eigenvalue weighted by Gasteiger charge is -2.39. The number of benzene rings is 1. The van der Waals surface area contributed by atoms with Gasteiger partial charge in [-0.2, -0.15) is 8.42 Å². The first-order chi connectivity index (χ1) is 19.8. The minimum absolute atomic E-state index is 0.153. The van der Waals surface area contributed by atoms with Crippen molar-refractivity contribution in [2.75, 3.05) is 6.61 Å². The summed E-state index contributed by atoms with van der Waals surface area (Å²) in [6.07, 6.45) is -3.66. The molecule has 1 fully saturated rings. The van der Waals surface area contributed by atoms with Gasteiger partial charge in [0.25, 0.3) is 21.6 Å². The van der Waals surface area contributed by atoms with Crippen LogP contribution in [-0.2, 0) is 30.5 Å². The minimum Gasteiger partial charge on any atom is -0.414 e. The van der Waals surface area contributed by atoms with Crippen LogP contribution in [0.1, 0.15) is 42.9 Å². The lowest BCUT2D eigenvalue weighted by atomic mass is 9.89. The van der Waals surface area contributed by atoms with Crippen LogP contribution in [-0.4, -0.2) is 67.3 Å². The van der Waals surface area contributed by atoms with Crippen LogP contribution < -0.4 is 21.9 Å². The zero-order valence-corrected chi connectivity index (χ0v) is 26.7. The maximum Gasteiger partial charge on any atom is 0.332 e. The number of imide groups is 1. The Morgan fingerprint density at radius 1 is 1.16 bits per heavy atom. The second-order valence-electron chi connectivity index (χ2n) is 12.1. The molecule has 43 heavy (non-hydrogen) atoms. The van der Waals surface area contributed by atoms with Gasteiger partial charge in [-0.15, -0.1) is 0 Å². The van der Waals surface area contributed by atoms with Crippen molar-refractivity contribution >= 4 is 30.4 Å². The number of carbonyl (C=O) groups is 2. The van der Waals surface area contributed by atoms with Gasteiger partial charge in [0.05, 0.1) is 17.7 Å². The van der Waals surface area contributed by atoms with E-state index in [-0.39, 0.29) is 22.8 Å². The summed E-state index contributed by atoms with van der Waals surface area (Å²) >= 11 is 0. The van der Waals surface area contributed by atoms with Crippen LogP contribution in [0, 0.1) is 6.92 Å². The number of ether oxygens (including phenoxy) is 1. The van der Waals surface area contributed by atoms with Crippen LogP contribution in [0.25, 0.3) is 0 Å². The molecule has 16 heteroatoms. The molecule has 1 spiro atoms. The monoisotopic (exact) mass is 636 g/mol. The summed E-state index contributed by atoms with van der Waals surface area (Å²) in [6, 6.07) is 6.75. The third kappa shape index (κ3) is 6.03. The van der Waals surface area contributed by atoms with Crippen LogP contribution in [0.3, 0.4) is 0 Å². The van der Waals surface area contributed by atoms with E-state index >= 15 is 0 Å². The van der Waals surface area contributed by atoms with Crippen LogP contribution >= 0.6 is 0 Å². The molecule has 3 heterocycles. The number of hydrogen-bond acceptors (Lipinski definition) is 10. The van der Waals surface area contributed by atoms with E-state index in [0.29, 0.717) is 5.41 Å². The Morgan fingerprint density at radius 2 is 1.79 bits per heavy atom. The summed E-state index contributed by atoms with van der Waals surface area (Å²) in [5, 5.41) is 16.5. The fourth-order valence-electron chi connectivity index (χ4n) is 4.63. The Bertz CT molecular complexity index is 1690. The average molecular weight is 637 g/mol. The number of aromatic nitrogens is 2. The second kappa shape index (κ2) is 11.3. The number of aliphatic hydroxyl groups excluding tert-OH is 1. The van der Waals surface area contributed by atoms with Gasteiger partial charge in [0, 0.05) is 24.4 Å². The second-order valence-corrected chi connectivity index (χ2v) is 18.3. The molecule has 0 unspecified atom stereocenters. The standard InChI is InChI=1S/C27H36N4O10SSi/c1-16-13-31(25(36)30(5)22(16)34)23-20(32)27(19(40-23)14-39-43(6,7)26(2,3)4)18(15-42(37,38)41-27)28-24(35)29-21(33)17-11-9-8-10-12-17/h8-13,15,19-20,23,32H,14H2,1-7H3,(H2,28,29,33,35)/t19-,20+,23-,27-/m1/s1. The molecule has 1 aromatic heterocycles. The van der Waals surface area contributed by atoms with Crippen LogP contribution in [0.15, 0.2) is 57.2 Å². The Kier molecular flexibility index (Phi) is 8.51. The normalized spacial score (nSPS) is 25.0. The molecule has 4 atom stereocenters. The molecule has 4 rings (SSSR count). The van der Waals surface area contributed by atoms with Gasteiger partial charge in [-0.1, -0.05) is 39.0 Å². The molecule has 3 amide bonds. The molecule has 0 bridgehead atoms. The Balaban J connectivity index is 1.76. The molecule has 2 aliphatic rings. The van der Waals surface area contributed by atoms with Gasteiger partial charge in [0.15, 0.2) is 20.1 Å². The first kappa shape index (κ1) is 32.5. The SMILES string of the molecule is Cc1cn([C@@H]2O[C@H](CO[Si](C)(C)C(C)(C)C)[C@@]3(OS(=O)(=O)C=C3NC(=O)NC(=O)c3ccccc3)[C@H]2O)c(=O)n(C)c1=O. The van der Waals surface area contributed by atoms with E-state index < -0.39 is 71.4 Å². The van der Waals surface area contributed by atoms with Crippen molar-refractivity contribution in [3.63, 3.8) is 0 Å². The number of aliphatic hydroxyl groups is 1. The summed E-state index contributed by atoms with van der Waals surface area (Å²) < 4.78 is 45.5. The molecule has 234 valence electrons. The van der Waals surface area contributed by atoms with Crippen molar-refractivity contribution < 1.29 is 36.5 Å². The van der Waals surface area contributed by atoms with E-state index in [4.69, 9.17) is 13.3 Å². The van der Waals surface area contributed by atoms with Crippen LogP contribution in [0.4, 0.5) is 4.79 Å². The van der Waals surface area contributed by atoms with E-state index in [1.165, 1.54) is 32.3 Å². The number of hydrogen-bond donors (Lipinski definition) is 3. The summed E-state index contributed by atoms with van der Waals surface area (Å²) in [5.41, 5.74) is -3.80. The van der Waals surface area contributed by atoms with Gasteiger partial charge in [-0.25, -0.2) is 13.8 Å². The molecule has 2 aliphatic heterocycles. The Morgan fingerprint density at radius 3 is 2.40 bits per heavy atom. The number of carbonyl (C=O) groups excluding carboxylic acids is 2. The summed E-state index contributed by atoms with van der Waals surface area (Å²) in [4.78, 5) is 51.0. The molecular formula is C27H36N4O10SSi. The van der Waals surface area contributed by atoms with Crippen molar-refractivity contribution in [3.8, 4) is 0 Å². The molecule has 1 saturated heterocycles. The summed E-state index contributed by atoms with van der Waals surface area (Å²) in [6.45, 7) is 11.1. The molecule has 14 nitrogen and oxygen atoms in total. The summed E-state index contributed by atoms with van der Waals surface area (Å²) in [7, 11) is -5.76. The van der Waals surface area contributed by atoms with Gasteiger partial charge < -0.3 is 19.6 Å². The largest absolute Gasteiger partial charge is 0.414 e. The van der Waals surface area contributed by atoms with Crippen molar-refractivity contribution in [1.82, 2.24) is 19.8 Å². The number of nitrogens with zero attached hydrogens (tertiary/aromatic N) is 2. The van der Waals surface area contributed by atoms with Crippen molar-refractivity contribution in [3.05, 3.63) is 79.6 Å². The predicted molar refractivity (Wildman–Crippen MR) is 157 cm³/mol. The van der Waals surface area contributed by atoms with Gasteiger partial charge in [-0.05, 0) is 37.2 Å². The number of aryl methyl sites for hydroxylation is 1. The van der Waals surface area contributed by atoms with E-state index in [9.17, 15) is 32.7 Å². The van der Waals surface area contributed by atoms with Gasteiger partial charge in [-0.3, -0.25) is 24.0 Å². The van der Waals surface area contributed by atoms with E-state index in [1.54, 1.807) is 18.2 Å². The lowest BCUT2D eigenvalue weighted by molar-refractivity contribution is -0.0574.